The van der Waals surface area contributed by atoms with E-state index >= 15 is 0 Å². The van der Waals surface area contributed by atoms with E-state index < -0.39 is 0 Å². The van der Waals surface area contributed by atoms with Gasteiger partial charge in [0.25, 0.3) is 0 Å². The molecule has 0 aromatic carbocycles. The molecule has 2 aliphatic heterocycles. The summed E-state index contributed by atoms with van der Waals surface area (Å²) in [7, 11) is 0. The van der Waals surface area contributed by atoms with Gasteiger partial charge in [-0.3, -0.25) is 0 Å². The highest BCUT2D eigenvalue weighted by atomic mass is 16.7. The van der Waals surface area contributed by atoms with Gasteiger partial charge in [-0.05, 0) is 27.2 Å². The van der Waals surface area contributed by atoms with E-state index in [1.807, 2.05) is 0 Å². The third-order valence-corrected chi connectivity index (χ3v) is 4.24. The Morgan fingerprint density at radius 3 is 2.00 bits per heavy atom. The van der Waals surface area contributed by atoms with Crippen molar-refractivity contribution in [2.45, 2.75) is 77.7 Å². The van der Waals surface area contributed by atoms with E-state index in [1.54, 1.807) is 0 Å². The van der Waals surface area contributed by atoms with E-state index in [9.17, 15) is 0 Å². The zero-order chi connectivity index (χ0) is 13.7. The summed E-state index contributed by atoms with van der Waals surface area (Å²) in [5.41, 5.74) is 0.302. The Balaban J connectivity index is 2.18. The fourth-order valence-electron chi connectivity index (χ4n) is 3.39. The minimum absolute atomic E-state index is 0.0600. The Hall–Kier alpha value is -0.120. The molecule has 2 aliphatic rings. The van der Waals surface area contributed by atoms with Gasteiger partial charge >= 0.3 is 0 Å². The molecule has 106 valence electrons. The standard InChI is InChI=1S/C15H29NO2/c1-7-14(6)9-15(8-13(4,5)16-14)17-10-12(2,3)11-18-15/h16H,7-11H2,1-6H3/t14-/m0/s1. The van der Waals surface area contributed by atoms with Crippen molar-refractivity contribution in [1.29, 1.82) is 0 Å². The normalized spacial score (nSPS) is 37.7. The van der Waals surface area contributed by atoms with Crippen LogP contribution in [0.25, 0.3) is 0 Å². The molecule has 2 heterocycles. The van der Waals surface area contributed by atoms with Crippen LogP contribution in [0.15, 0.2) is 0 Å². The van der Waals surface area contributed by atoms with Gasteiger partial charge in [0.1, 0.15) is 0 Å². The molecule has 0 saturated carbocycles. The first kappa shape index (κ1) is 14.3. The summed E-state index contributed by atoms with van der Waals surface area (Å²) in [5, 5.41) is 3.75. The van der Waals surface area contributed by atoms with Crippen LogP contribution in [0.3, 0.4) is 0 Å². The number of piperidine rings is 1. The number of nitrogens with one attached hydrogen (secondary N) is 1. The second-order valence-corrected chi connectivity index (χ2v) is 7.93. The molecule has 0 aromatic rings. The average Bonchev–Trinajstić information content (AvgIpc) is 2.21. The summed E-state index contributed by atoms with van der Waals surface area (Å²) in [6, 6.07) is 0. The van der Waals surface area contributed by atoms with Crippen LogP contribution >= 0.6 is 0 Å². The molecule has 0 aliphatic carbocycles. The molecule has 0 radical (unpaired) electrons. The molecule has 0 bridgehead atoms. The van der Waals surface area contributed by atoms with Gasteiger partial charge in [-0.1, -0.05) is 20.8 Å². The van der Waals surface area contributed by atoms with Crippen molar-refractivity contribution >= 4 is 0 Å². The molecule has 3 nitrogen and oxygen atoms in total. The van der Waals surface area contributed by atoms with Crippen LogP contribution in [-0.4, -0.2) is 30.1 Å². The van der Waals surface area contributed by atoms with Gasteiger partial charge in [0.05, 0.1) is 13.2 Å². The SMILES string of the molecule is CC[C@@]1(C)CC2(CC(C)(C)N1)OCC(C)(C)CO2. The van der Waals surface area contributed by atoms with Crippen LogP contribution in [0, 0.1) is 5.41 Å². The van der Waals surface area contributed by atoms with Crippen molar-refractivity contribution in [3.63, 3.8) is 0 Å². The lowest BCUT2D eigenvalue weighted by Gasteiger charge is -2.56. The zero-order valence-electron chi connectivity index (χ0n) is 12.9. The highest BCUT2D eigenvalue weighted by Gasteiger charge is 2.52. The minimum atomic E-state index is -0.380. The first-order valence-electron chi connectivity index (χ1n) is 7.17. The van der Waals surface area contributed by atoms with E-state index in [2.05, 4.69) is 46.9 Å². The quantitative estimate of drug-likeness (QED) is 0.781. The molecule has 1 spiro atoms. The minimum Gasteiger partial charge on any atom is -0.349 e. The largest absolute Gasteiger partial charge is 0.349 e. The smallest absolute Gasteiger partial charge is 0.171 e. The topological polar surface area (TPSA) is 30.5 Å². The van der Waals surface area contributed by atoms with Gasteiger partial charge in [-0.25, -0.2) is 0 Å². The number of rotatable bonds is 1. The molecule has 2 rings (SSSR count). The summed E-state index contributed by atoms with van der Waals surface area (Å²) in [5.74, 6) is -0.380. The number of hydrogen-bond donors (Lipinski definition) is 1. The van der Waals surface area contributed by atoms with E-state index in [0.717, 1.165) is 32.5 Å². The summed E-state index contributed by atoms with van der Waals surface area (Å²) < 4.78 is 12.4. The van der Waals surface area contributed by atoms with Crippen molar-refractivity contribution in [3.8, 4) is 0 Å². The third kappa shape index (κ3) is 2.89. The molecule has 2 fully saturated rings. The van der Waals surface area contributed by atoms with Crippen LogP contribution in [0.4, 0.5) is 0 Å². The van der Waals surface area contributed by atoms with Crippen LogP contribution in [-0.2, 0) is 9.47 Å². The molecule has 0 amide bonds. The van der Waals surface area contributed by atoms with Gasteiger partial charge in [-0.2, -0.15) is 0 Å². The summed E-state index contributed by atoms with van der Waals surface area (Å²) in [6.45, 7) is 15.0. The second-order valence-electron chi connectivity index (χ2n) is 7.93. The van der Waals surface area contributed by atoms with Gasteiger partial charge in [-0.15, -0.1) is 0 Å². The summed E-state index contributed by atoms with van der Waals surface area (Å²) in [6.07, 6.45) is 2.95. The first-order chi connectivity index (χ1) is 8.10. The van der Waals surface area contributed by atoms with Crippen LogP contribution in [0.1, 0.15) is 60.8 Å². The first-order valence-corrected chi connectivity index (χ1v) is 7.17. The van der Waals surface area contributed by atoms with E-state index in [1.165, 1.54) is 0 Å². The number of ether oxygens (including phenoxy) is 2. The Morgan fingerprint density at radius 2 is 1.50 bits per heavy atom. The Labute approximate surface area is 112 Å². The molecule has 1 N–H and O–H groups in total. The third-order valence-electron chi connectivity index (χ3n) is 4.24. The van der Waals surface area contributed by atoms with Crippen molar-refractivity contribution in [2.24, 2.45) is 5.41 Å². The lowest BCUT2D eigenvalue weighted by molar-refractivity contribution is -0.325. The van der Waals surface area contributed by atoms with Crippen LogP contribution in [0.2, 0.25) is 0 Å². The fraction of sp³-hybridized carbons (Fsp3) is 1.00. The monoisotopic (exact) mass is 255 g/mol. The van der Waals surface area contributed by atoms with Crippen molar-refractivity contribution < 1.29 is 9.47 Å². The molecular weight excluding hydrogens is 226 g/mol. The molecule has 18 heavy (non-hydrogen) atoms. The summed E-state index contributed by atoms with van der Waals surface area (Å²) in [4.78, 5) is 0. The maximum Gasteiger partial charge on any atom is 0.171 e. The van der Waals surface area contributed by atoms with Crippen molar-refractivity contribution in [3.05, 3.63) is 0 Å². The number of hydrogen-bond acceptors (Lipinski definition) is 3. The van der Waals surface area contributed by atoms with E-state index in [4.69, 9.17) is 9.47 Å². The molecular formula is C15H29NO2. The molecule has 0 unspecified atom stereocenters. The van der Waals surface area contributed by atoms with Crippen LogP contribution in [0.5, 0.6) is 0 Å². The molecule has 0 aromatic heterocycles. The Morgan fingerprint density at radius 1 is 0.944 bits per heavy atom. The van der Waals surface area contributed by atoms with Gasteiger partial charge in [0.15, 0.2) is 5.79 Å². The van der Waals surface area contributed by atoms with Gasteiger partial charge < -0.3 is 14.8 Å². The fourth-order valence-corrected chi connectivity index (χ4v) is 3.39. The van der Waals surface area contributed by atoms with Crippen molar-refractivity contribution in [2.75, 3.05) is 13.2 Å². The molecule has 2 saturated heterocycles. The highest BCUT2D eigenvalue weighted by molar-refractivity contribution is 5.04. The maximum atomic E-state index is 6.19. The van der Waals surface area contributed by atoms with E-state index in [-0.39, 0.29) is 22.3 Å². The Bertz CT molecular complexity index is 314. The lowest BCUT2D eigenvalue weighted by Crippen LogP contribution is -2.67. The predicted octanol–water partition coefficient (Wildman–Crippen LogP) is 3.09. The highest BCUT2D eigenvalue weighted by Crippen LogP contribution is 2.44. The molecule has 1 atom stereocenters. The van der Waals surface area contributed by atoms with Gasteiger partial charge in [0, 0.05) is 29.3 Å². The maximum absolute atomic E-state index is 6.19. The second kappa shape index (κ2) is 4.19. The average molecular weight is 255 g/mol. The van der Waals surface area contributed by atoms with E-state index in [0.29, 0.717) is 0 Å². The lowest BCUT2D eigenvalue weighted by atomic mass is 9.75. The van der Waals surface area contributed by atoms with Gasteiger partial charge in [0.2, 0.25) is 0 Å². The Kier molecular flexibility index (Phi) is 3.33. The van der Waals surface area contributed by atoms with Crippen molar-refractivity contribution in [1.82, 2.24) is 5.32 Å². The molecule has 3 heteroatoms. The van der Waals surface area contributed by atoms with Crippen LogP contribution < -0.4 is 5.32 Å². The zero-order valence-corrected chi connectivity index (χ0v) is 12.9. The summed E-state index contributed by atoms with van der Waals surface area (Å²) >= 11 is 0. The predicted molar refractivity (Wildman–Crippen MR) is 73.6 cm³/mol.